The molecule has 0 fully saturated rings. The van der Waals surface area contributed by atoms with Gasteiger partial charge in [-0.2, -0.15) is 5.26 Å². The minimum absolute atomic E-state index is 0.0183. The first-order chi connectivity index (χ1) is 8.71. The van der Waals surface area contributed by atoms with E-state index < -0.39 is 0 Å². The molecule has 0 saturated carbocycles. The van der Waals surface area contributed by atoms with Crippen molar-refractivity contribution in [3.8, 4) is 6.07 Å². The Labute approximate surface area is 111 Å². The number of likely N-dealkylation sites (N-methyl/N-ethyl adjacent to an activating group) is 1. The monoisotopic (exact) mass is 244 g/mol. The summed E-state index contributed by atoms with van der Waals surface area (Å²) in [5.41, 5.74) is 1.13. The highest BCUT2D eigenvalue weighted by Crippen LogP contribution is 2.17. The van der Waals surface area contributed by atoms with Gasteiger partial charge in [-0.1, -0.05) is 57.5 Å². The molecule has 98 valence electrons. The Morgan fingerprint density at radius 2 is 1.83 bits per heavy atom. The van der Waals surface area contributed by atoms with Crippen LogP contribution in [0.4, 0.5) is 0 Å². The van der Waals surface area contributed by atoms with Crippen molar-refractivity contribution in [2.75, 3.05) is 19.6 Å². The van der Waals surface area contributed by atoms with Crippen molar-refractivity contribution in [1.82, 2.24) is 4.90 Å². The fourth-order valence-electron chi connectivity index (χ4n) is 2.07. The lowest BCUT2D eigenvalue weighted by Gasteiger charge is -2.25. The second kappa shape index (κ2) is 7.89. The average Bonchev–Trinajstić information content (AvgIpc) is 2.43. The largest absolute Gasteiger partial charge is 0.302 e. The van der Waals surface area contributed by atoms with Gasteiger partial charge in [0, 0.05) is 13.1 Å². The number of benzene rings is 1. The molecule has 0 aromatic heterocycles. The fourth-order valence-corrected chi connectivity index (χ4v) is 2.07. The highest BCUT2D eigenvalue weighted by atomic mass is 15.1. The van der Waals surface area contributed by atoms with Crippen LogP contribution in [0, 0.1) is 17.2 Å². The van der Waals surface area contributed by atoms with Crippen molar-refractivity contribution in [1.29, 1.82) is 5.26 Å². The number of hydrogen-bond acceptors (Lipinski definition) is 2. The lowest BCUT2D eigenvalue weighted by molar-refractivity contribution is 0.242. The van der Waals surface area contributed by atoms with Crippen molar-refractivity contribution in [3.63, 3.8) is 0 Å². The zero-order valence-electron chi connectivity index (χ0n) is 11.8. The van der Waals surface area contributed by atoms with E-state index in [1.165, 1.54) is 6.42 Å². The molecule has 2 unspecified atom stereocenters. The quantitative estimate of drug-likeness (QED) is 0.732. The van der Waals surface area contributed by atoms with Gasteiger partial charge in [-0.15, -0.1) is 0 Å². The maximum absolute atomic E-state index is 9.34. The molecule has 0 aliphatic rings. The van der Waals surface area contributed by atoms with Crippen LogP contribution in [0.5, 0.6) is 0 Å². The van der Waals surface area contributed by atoms with E-state index in [-0.39, 0.29) is 5.92 Å². The molecule has 18 heavy (non-hydrogen) atoms. The van der Waals surface area contributed by atoms with Gasteiger partial charge < -0.3 is 4.90 Å². The second-order valence-corrected chi connectivity index (χ2v) is 4.96. The summed E-state index contributed by atoms with van der Waals surface area (Å²) in [7, 11) is 0. The molecule has 0 radical (unpaired) electrons. The molecule has 0 amide bonds. The van der Waals surface area contributed by atoms with Gasteiger partial charge in [0.15, 0.2) is 0 Å². The van der Waals surface area contributed by atoms with E-state index in [9.17, 15) is 5.26 Å². The summed E-state index contributed by atoms with van der Waals surface area (Å²) in [5, 5.41) is 9.34. The molecule has 2 nitrogen and oxygen atoms in total. The lowest BCUT2D eigenvalue weighted by atomic mass is 9.99. The topological polar surface area (TPSA) is 27.0 Å². The molecular formula is C16H24N2. The first-order valence-corrected chi connectivity index (χ1v) is 6.88. The molecule has 2 heteroatoms. The fraction of sp³-hybridized carbons (Fsp3) is 0.562. The van der Waals surface area contributed by atoms with Crippen molar-refractivity contribution in [2.45, 2.75) is 33.1 Å². The van der Waals surface area contributed by atoms with Gasteiger partial charge in [-0.05, 0) is 18.0 Å². The third kappa shape index (κ3) is 4.50. The predicted molar refractivity (Wildman–Crippen MR) is 76.4 cm³/mol. The molecule has 0 spiro atoms. The number of nitrogens with zero attached hydrogens (tertiary/aromatic N) is 2. The zero-order chi connectivity index (χ0) is 13.4. The Balaban J connectivity index is 2.64. The molecular weight excluding hydrogens is 220 g/mol. The van der Waals surface area contributed by atoms with Gasteiger partial charge in [0.25, 0.3) is 0 Å². The Bertz CT molecular complexity index is 366. The number of hydrogen-bond donors (Lipinski definition) is 0. The summed E-state index contributed by atoms with van der Waals surface area (Å²) in [6.07, 6.45) is 1.19. The molecule has 0 bridgehead atoms. The van der Waals surface area contributed by atoms with Gasteiger partial charge >= 0.3 is 0 Å². The van der Waals surface area contributed by atoms with Crippen LogP contribution in [0.3, 0.4) is 0 Å². The summed E-state index contributed by atoms with van der Waals surface area (Å²) in [6, 6.07) is 12.5. The molecule has 0 aliphatic carbocycles. The van der Waals surface area contributed by atoms with Crippen molar-refractivity contribution < 1.29 is 0 Å². The van der Waals surface area contributed by atoms with E-state index in [2.05, 4.69) is 31.7 Å². The highest BCUT2D eigenvalue weighted by Gasteiger charge is 2.15. The minimum atomic E-state index is -0.0183. The first-order valence-electron chi connectivity index (χ1n) is 6.88. The van der Waals surface area contributed by atoms with Crippen molar-refractivity contribution in [2.24, 2.45) is 5.92 Å². The second-order valence-electron chi connectivity index (χ2n) is 4.96. The SMILES string of the molecule is CCC(C)CN(CC)CC(C#N)c1ccccc1. The minimum Gasteiger partial charge on any atom is -0.302 e. The molecule has 1 aromatic rings. The standard InChI is InChI=1S/C16H24N2/c1-4-14(3)12-18(5-2)13-16(11-17)15-9-7-6-8-10-15/h6-10,14,16H,4-5,12-13H2,1-3H3. The van der Waals surface area contributed by atoms with Crippen LogP contribution < -0.4 is 0 Å². The van der Waals surface area contributed by atoms with E-state index in [4.69, 9.17) is 0 Å². The Morgan fingerprint density at radius 3 is 2.33 bits per heavy atom. The van der Waals surface area contributed by atoms with E-state index in [1.807, 2.05) is 30.3 Å². The van der Waals surface area contributed by atoms with Crippen molar-refractivity contribution >= 4 is 0 Å². The molecule has 2 atom stereocenters. The summed E-state index contributed by atoms with van der Waals surface area (Å²) in [6.45, 7) is 9.58. The summed E-state index contributed by atoms with van der Waals surface area (Å²) >= 11 is 0. The van der Waals surface area contributed by atoms with E-state index in [0.717, 1.165) is 25.2 Å². The van der Waals surface area contributed by atoms with Gasteiger partial charge in [0.2, 0.25) is 0 Å². The lowest BCUT2D eigenvalue weighted by Crippen LogP contribution is -2.32. The van der Waals surface area contributed by atoms with Crippen LogP contribution in [0.2, 0.25) is 0 Å². The van der Waals surface area contributed by atoms with Gasteiger partial charge in [-0.3, -0.25) is 0 Å². The molecule has 0 aliphatic heterocycles. The maximum Gasteiger partial charge on any atom is 0.0839 e. The Hall–Kier alpha value is -1.33. The van der Waals surface area contributed by atoms with Crippen LogP contribution in [-0.4, -0.2) is 24.5 Å². The van der Waals surface area contributed by atoms with E-state index >= 15 is 0 Å². The first kappa shape index (κ1) is 14.7. The van der Waals surface area contributed by atoms with Crippen LogP contribution in [0.1, 0.15) is 38.7 Å². The number of rotatable bonds is 7. The van der Waals surface area contributed by atoms with Gasteiger partial charge in [-0.25, -0.2) is 0 Å². The predicted octanol–water partition coefficient (Wildman–Crippen LogP) is 3.66. The smallest absolute Gasteiger partial charge is 0.0839 e. The van der Waals surface area contributed by atoms with E-state index in [1.54, 1.807) is 0 Å². The molecule has 1 aromatic carbocycles. The molecule has 0 heterocycles. The van der Waals surface area contributed by atoms with Crippen LogP contribution >= 0.6 is 0 Å². The normalized spacial score (nSPS) is 14.2. The zero-order valence-corrected chi connectivity index (χ0v) is 11.8. The maximum atomic E-state index is 9.34. The molecule has 1 rings (SSSR count). The molecule has 0 N–H and O–H groups in total. The van der Waals surface area contributed by atoms with Gasteiger partial charge in [0.05, 0.1) is 12.0 Å². The Kier molecular flexibility index (Phi) is 6.46. The van der Waals surface area contributed by atoms with Crippen LogP contribution in [-0.2, 0) is 0 Å². The average molecular weight is 244 g/mol. The molecule has 0 saturated heterocycles. The summed E-state index contributed by atoms with van der Waals surface area (Å²) in [4.78, 5) is 2.38. The highest BCUT2D eigenvalue weighted by molar-refractivity contribution is 5.25. The van der Waals surface area contributed by atoms with Crippen LogP contribution in [0.25, 0.3) is 0 Å². The van der Waals surface area contributed by atoms with Crippen molar-refractivity contribution in [3.05, 3.63) is 35.9 Å². The summed E-state index contributed by atoms with van der Waals surface area (Å²) in [5.74, 6) is 0.676. The Morgan fingerprint density at radius 1 is 1.17 bits per heavy atom. The van der Waals surface area contributed by atoms with Crippen LogP contribution in [0.15, 0.2) is 30.3 Å². The summed E-state index contributed by atoms with van der Waals surface area (Å²) < 4.78 is 0. The van der Waals surface area contributed by atoms with Gasteiger partial charge in [0.1, 0.15) is 0 Å². The number of nitriles is 1. The third-order valence-electron chi connectivity index (χ3n) is 3.51. The van der Waals surface area contributed by atoms with E-state index in [0.29, 0.717) is 5.92 Å². The third-order valence-corrected chi connectivity index (χ3v) is 3.51.